The molecule has 0 fully saturated rings. The first-order valence-corrected chi connectivity index (χ1v) is 6.30. The van der Waals surface area contributed by atoms with Crippen LogP contribution in [0, 0.1) is 17.5 Å². The highest BCUT2D eigenvalue weighted by molar-refractivity contribution is 7.13. The second-order valence-electron chi connectivity index (χ2n) is 3.65. The van der Waals surface area contributed by atoms with E-state index in [2.05, 4.69) is 10.3 Å². The molecule has 0 saturated heterocycles. The summed E-state index contributed by atoms with van der Waals surface area (Å²) in [6.45, 7) is 3.33. The molecule has 0 atom stereocenters. The quantitative estimate of drug-likeness (QED) is 0.863. The summed E-state index contributed by atoms with van der Waals surface area (Å²) in [4.78, 5) is 4.18. The van der Waals surface area contributed by atoms with E-state index in [1.807, 2.05) is 6.92 Å². The van der Waals surface area contributed by atoms with Crippen LogP contribution in [0.4, 0.5) is 13.2 Å². The summed E-state index contributed by atoms with van der Waals surface area (Å²) in [6, 6.07) is 2.10. The maximum Gasteiger partial charge on any atom is 0.195 e. The number of halogens is 3. The van der Waals surface area contributed by atoms with Gasteiger partial charge in [0, 0.05) is 17.5 Å². The van der Waals surface area contributed by atoms with E-state index < -0.39 is 17.5 Å². The molecule has 2 aromatic rings. The predicted octanol–water partition coefficient (Wildman–Crippen LogP) is 3.34. The van der Waals surface area contributed by atoms with E-state index in [9.17, 15) is 13.2 Å². The van der Waals surface area contributed by atoms with Gasteiger partial charge in [0.25, 0.3) is 0 Å². The van der Waals surface area contributed by atoms with E-state index in [0.29, 0.717) is 11.6 Å². The van der Waals surface area contributed by atoms with Crippen molar-refractivity contribution < 1.29 is 13.2 Å². The molecule has 0 unspecified atom stereocenters. The zero-order chi connectivity index (χ0) is 13.1. The van der Waals surface area contributed by atoms with Crippen molar-refractivity contribution in [3.05, 3.63) is 40.7 Å². The van der Waals surface area contributed by atoms with E-state index in [-0.39, 0.29) is 5.56 Å². The molecule has 0 saturated carbocycles. The van der Waals surface area contributed by atoms with E-state index in [1.54, 1.807) is 5.38 Å². The van der Waals surface area contributed by atoms with Crippen molar-refractivity contribution in [1.29, 1.82) is 0 Å². The molecule has 2 rings (SSSR count). The van der Waals surface area contributed by atoms with Gasteiger partial charge in [0.1, 0.15) is 5.01 Å². The minimum absolute atomic E-state index is 0.0124. The molecule has 0 radical (unpaired) electrons. The molecule has 0 aliphatic rings. The minimum atomic E-state index is -1.46. The standard InChI is InChI=1S/C12H11F3N2S/c1-2-16-5-7-6-18-12(17-7)8-3-4-9(13)11(15)10(8)14/h3-4,6,16H,2,5H2,1H3. The molecule has 96 valence electrons. The van der Waals surface area contributed by atoms with Gasteiger partial charge in [-0.15, -0.1) is 11.3 Å². The highest BCUT2D eigenvalue weighted by Gasteiger charge is 2.16. The molecule has 0 amide bonds. The SMILES string of the molecule is CCNCc1csc(-c2ccc(F)c(F)c2F)n1. The molecule has 18 heavy (non-hydrogen) atoms. The Labute approximate surface area is 106 Å². The summed E-state index contributed by atoms with van der Waals surface area (Å²) in [5.41, 5.74) is 0.739. The lowest BCUT2D eigenvalue weighted by molar-refractivity contribution is 0.449. The van der Waals surface area contributed by atoms with Crippen molar-refractivity contribution in [3.63, 3.8) is 0 Å². The van der Waals surface area contributed by atoms with Gasteiger partial charge in [-0.05, 0) is 18.7 Å². The summed E-state index contributed by atoms with van der Waals surface area (Å²) in [5, 5.41) is 5.19. The lowest BCUT2D eigenvalue weighted by atomic mass is 10.2. The highest BCUT2D eigenvalue weighted by atomic mass is 32.1. The van der Waals surface area contributed by atoms with Crippen LogP contribution in [-0.2, 0) is 6.54 Å². The topological polar surface area (TPSA) is 24.9 Å². The van der Waals surface area contributed by atoms with Crippen LogP contribution in [0.5, 0.6) is 0 Å². The molecule has 1 aromatic heterocycles. The maximum atomic E-state index is 13.5. The largest absolute Gasteiger partial charge is 0.311 e. The minimum Gasteiger partial charge on any atom is -0.311 e. The van der Waals surface area contributed by atoms with Gasteiger partial charge in [0.15, 0.2) is 17.5 Å². The Morgan fingerprint density at radius 3 is 2.72 bits per heavy atom. The summed E-state index contributed by atoms with van der Waals surface area (Å²) in [6.07, 6.45) is 0. The van der Waals surface area contributed by atoms with Crippen molar-refractivity contribution in [1.82, 2.24) is 10.3 Å². The lowest BCUT2D eigenvalue weighted by Crippen LogP contribution is -2.11. The number of nitrogens with zero attached hydrogens (tertiary/aromatic N) is 1. The van der Waals surface area contributed by atoms with Gasteiger partial charge < -0.3 is 5.32 Å². The number of rotatable bonds is 4. The molecule has 2 nitrogen and oxygen atoms in total. The smallest absolute Gasteiger partial charge is 0.195 e. The van der Waals surface area contributed by atoms with Gasteiger partial charge in [0.05, 0.1) is 5.69 Å². The molecule has 0 bridgehead atoms. The molecular weight excluding hydrogens is 261 g/mol. The highest BCUT2D eigenvalue weighted by Crippen LogP contribution is 2.28. The van der Waals surface area contributed by atoms with Crippen molar-refractivity contribution in [2.45, 2.75) is 13.5 Å². The second-order valence-corrected chi connectivity index (χ2v) is 4.51. The van der Waals surface area contributed by atoms with Gasteiger partial charge >= 0.3 is 0 Å². The van der Waals surface area contributed by atoms with Crippen molar-refractivity contribution >= 4 is 11.3 Å². The molecule has 0 spiro atoms. The Morgan fingerprint density at radius 1 is 1.22 bits per heavy atom. The monoisotopic (exact) mass is 272 g/mol. The van der Waals surface area contributed by atoms with Gasteiger partial charge in [-0.25, -0.2) is 18.2 Å². The summed E-state index contributed by atoms with van der Waals surface area (Å²) < 4.78 is 39.5. The van der Waals surface area contributed by atoms with Crippen LogP contribution in [0.2, 0.25) is 0 Å². The molecule has 0 aliphatic heterocycles. The fourth-order valence-electron chi connectivity index (χ4n) is 1.46. The van der Waals surface area contributed by atoms with Gasteiger partial charge in [0.2, 0.25) is 0 Å². The number of nitrogens with one attached hydrogen (secondary N) is 1. The Balaban J connectivity index is 2.31. The normalized spacial score (nSPS) is 10.9. The van der Waals surface area contributed by atoms with Crippen LogP contribution in [0.1, 0.15) is 12.6 Å². The third-order valence-corrected chi connectivity index (χ3v) is 3.30. The van der Waals surface area contributed by atoms with E-state index >= 15 is 0 Å². The zero-order valence-corrected chi connectivity index (χ0v) is 10.5. The summed E-state index contributed by atoms with van der Waals surface area (Å²) in [7, 11) is 0. The van der Waals surface area contributed by atoms with Crippen molar-refractivity contribution in [2.24, 2.45) is 0 Å². The van der Waals surface area contributed by atoms with E-state index in [1.165, 1.54) is 17.4 Å². The third-order valence-electron chi connectivity index (χ3n) is 2.37. The average molecular weight is 272 g/mol. The van der Waals surface area contributed by atoms with Crippen molar-refractivity contribution in [2.75, 3.05) is 6.54 Å². The van der Waals surface area contributed by atoms with Crippen LogP contribution in [0.15, 0.2) is 17.5 Å². The first kappa shape index (κ1) is 13.0. The maximum absolute atomic E-state index is 13.5. The fraction of sp³-hybridized carbons (Fsp3) is 0.250. The van der Waals surface area contributed by atoms with Crippen LogP contribution in [0.3, 0.4) is 0 Å². The lowest BCUT2D eigenvalue weighted by Gasteiger charge is -2.01. The average Bonchev–Trinajstić information content (AvgIpc) is 2.82. The van der Waals surface area contributed by atoms with Gasteiger partial charge in [-0.2, -0.15) is 0 Å². The van der Waals surface area contributed by atoms with Gasteiger partial charge in [-0.3, -0.25) is 0 Å². The first-order valence-electron chi connectivity index (χ1n) is 5.42. The number of hydrogen-bond donors (Lipinski definition) is 1. The predicted molar refractivity (Wildman–Crippen MR) is 64.8 cm³/mol. The number of benzene rings is 1. The van der Waals surface area contributed by atoms with E-state index in [0.717, 1.165) is 18.3 Å². The second kappa shape index (κ2) is 5.49. The van der Waals surface area contributed by atoms with E-state index in [4.69, 9.17) is 0 Å². The fourth-order valence-corrected chi connectivity index (χ4v) is 2.29. The molecular formula is C12H11F3N2S. The molecule has 0 aliphatic carbocycles. The Kier molecular flexibility index (Phi) is 3.98. The van der Waals surface area contributed by atoms with Crippen molar-refractivity contribution in [3.8, 4) is 10.6 Å². The van der Waals surface area contributed by atoms with Gasteiger partial charge in [-0.1, -0.05) is 6.92 Å². The number of thiazole rings is 1. The molecule has 1 N–H and O–H groups in total. The Bertz CT molecular complexity index is 554. The van der Waals surface area contributed by atoms with Crippen LogP contribution >= 0.6 is 11.3 Å². The van der Waals surface area contributed by atoms with Crippen LogP contribution < -0.4 is 5.32 Å². The molecule has 1 heterocycles. The number of hydrogen-bond acceptors (Lipinski definition) is 3. The third kappa shape index (κ3) is 2.54. The number of aromatic nitrogens is 1. The van der Waals surface area contributed by atoms with Crippen LogP contribution in [-0.4, -0.2) is 11.5 Å². The summed E-state index contributed by atoms with van der Waals surface area (Å²) in [5.74, 6) is -3.85. The summed E-state index contributed by atoms with van der Waals surface area (Å²) >= 11 is 1.20. The van der Waals surface area contributed by atoms with Crippen LogP contribution in [0.25, 0.3) is 10.6 Å². The molecule has 6 heteroatoms. The molecule has 1 aromatic carbocycles. The zero-order valence-electron chi connectivity index (χ0n) is 9.64. The first-order chi connectivity index (χ1) is 8.63. The Morgan fingerprint density at radius 2 is 2.00 bits per heavy atom. The Hall–Kier alpha value is -1.40.